The van der Waals surface area contributed by atoms with E-state index in [1.165, 1.54) is 42.3 Å². The Morgan fingerprint density at radius 3 is 2.21 bits per heavy atom. The van der Waals surface area contributed by atoms with E-state index in [4.69, 9.17) is 39.5 Å². The number of amides is 2. The van der Waals surface area contributed by atoms with Crippen molar-refractivity contribution in [3.63, 3.8) is 0 Å². The van der Waals surface area contributed by atoms with Gasteiger partial charge in [-0.1, -0.05) is 90.6 Å². The third-order valence-electron chi connectivity index (χ3n) is 7.48. The van der Waals surface area contributed by atoms with Crippen LogP contribution in [-0.4, -0.2) is 51.4 Å². The van der Waals surface area contributed by atoms with Crippen LogP contribution in [0.1, 0.15) is 30.9 Å². The van der Waals surface area contributed by atoms with Crippen LogP contribution in [0.4, 0.5) is 5.69 Å². The lowest BCUT2D eigenvalue weighted by atomic mass is 10.0. The number of ether oxygens (including phenoxy) is 1. The number of benzene rings is 4. The number of rotatable bonds is 15. The summed E-state index contributed by atoms with van der Waals surface area (Å²) in [6, 6.07) is 25.3. The number of nitrogens with one attached hydrogen (secondary N) is 1. The van der Waals surface area contributed by atoms with Gasteiger partial charge in [0, 0.05) is 34.6 Å². The predicted octanol–water partition coefficient (Wildman–Crippen LogP) is 7.41. The van der Waals surface area contributed by atoms with Crippen LogP contribution >= 0.6 is 34.8 Å². The summed E-state index contributed by atoms with van der Waals surface area (Å²) in [6.07, 6.45) is 1.80. The molecule has 0 spiro atoms. The Kier molecular flexibility index (Phi) is 13.0. The van der Waals surface area contributed by atoms with E-state index < -0.39 is 28.5 Å². The van der Waals surface area contributed by atoms with Crippen LogP contribution < -0.4 is 14.4 Å². The molecule has 1 atom stereocenters. The highest BCUT2D eigenvalue weighted by Crippen LogP contribution is 2.29. The molecule has 47 heavy (non-hydrogen) atoms. The first-order chi connectivity index (χ1) is 22.5. The van der Waals surface area contributed by atoms with Gasteiger partial charge in [0.2, 0.25) is 11.8 Å². The van der Waals surface area contributed by atoms with Crippen molar-refractivity contribution in [2.24, 2.45) is 0 Å². The van der Waals surface area contributed by atoms with Crippen molar-refractivity contribution in [3.8, 4) is 5.75 Å². The molecule has 0 fully saturated rings. The molecule has 0 saturated carbocycles. The van der Waals surface area contributed by atoms with Gasteiger partial charge in [-0.2, -0.15) is 0 Å². The fourth-order valence-corrected chi connectivity index (χ4v) is 6.99. The quantitative estimate of drug-likeness (QED) is 0.129. The summed E-state index contributed by atoms with van der Waals surface area (Å²) in [5.74, 6) is -0.522. The summed E-state index contributed by atoms with van der Waals surface area (Å²) in [7, 11) is -2.83. The molecule has 0 aliphatic rings. The molecule has 4 aromatic rings. The number of halogens is 3. The van der Waals surface area contributed by atoms with Crippen LogP contribution in [-0.2, 0) is 32.6 Å². The molecule has 0 aliphatic heterocycles. The minimum absolute atomic E-state index is 0.0588. The minimum atomic E-state index is -4.31. The average molecular weight is 717 g/mol. The molecular formula is C35H36Cl3N3O5S. The molecule has 2 amide bonds. The number of carbonyl (C=O) groups excluding carboxylic acids is 2. The zero-order valence-electron chi connectivity index (χ0n) is 26.0. The number of hydrogen-bond acceptors (Lipinski definition) is 5. The molecule has 8 nitrogen and oxygen atoms in total. The van der Waals surface area contributed by atoms with Crippen molar-refractivity contribution in [2.75, 3.05) is 24.5 Å². The number of unbranched alkanes of at least 4 members (excludes halogenated alkanes) is 1. The topological polar surface area (TPSA) is 96.0 Å². The molecule has 0 radical (unpaired) electrons. The Morgan fingerprint density at radius 1 is 0.872 bits per heavy atom. The fraction of sp³-hybridized carbons (Fsp3) is 0.257. The smallest absolute Gasteiger partial charge is 0.264 e. The molecule has 248 valence electrons. The van der Waals surface area contributed by atoms with Gasteiger partial charge >= 0.3 is 0 Å². The van der Waals surface area contributed by atoms with E-state index in [0.717, 1.165) is 22.7 Å². The summed E-state index contributed by atoms with van der Waals surface area (Å²) >= 11 is 19.0. The van der Waals surface area contributed by atoms with E-state index in [9.17, 15) is 18.0 Å². The molecule has 12 heteroatoms. The summed E-state index contributed by atoms with van der Waals surface area (Å²) in [4.78, 5) is 29.7. The number of hydrogen-bond donors (Lipinski definition) is 1. The second kappa shape index (κ2) is 16.9. The monoisotopic (exact) mass is 715 g/mol. The minimum Gasteiger partial charge on any atom is -0.497 e. The standard InChI is InChI=1S/C35H36Cl3N3O5S/c1-3-4-19-39-35(43)33(20-25-9-6-5-7-10-25)40(23-26-13-14-28(37)22-32(26)38)34(42)24-41(29-12-8-11-27(36)21-29)47(44,45)31-17-15-30(46-2)16-18-31/h5-18,21-22,33H,3-4,19-20,23-24H2,1-2H3,(H,39,43)/t33-/m0/s1. The van der Waals surface area contributed by atoms with Crippen LogP contribution in [0, 0.1) is 0 Å². The van der Waals surface area contributed by atoms with Crippen molar-refractivity contribution >= 4 is 62.3 Å². The maximum atomic E-state index is 14.6. The molecule has 0 heterocycles. The Hall–Kier alpha value is -3.76. The highest BCUT2D eigenvalue weighted by Gasteiger charge is 2.35. The Bertz CT molecular complexity index is 1770. The van der Waals surface area contributed by atoms with Crippen LogP contribution in [0.15, 0.2) is 102 Å². The maximum absolute atomic E-state index is 14.6. The van der Waals surface area contributed by atoms with E-state index in [1.54, 1.807) is 36.4 Å². The Balaban J connectivity index is 1.81. The summed E-state index contributed by atoms with van der Waals surface area (Å²) < 4.78 is 34.5. The number of carbonyl (C=O) groups is 2. The molecule has 0 bridgehead atoms. The van der Waals surface area contributed by atoms with Gasteiger partial charge in [-0.3, -0.25) is 13.9 Å². The molecular weight excluding hydrogens is 681 g/mol. The van der Waals surface area contributed by atoms with E-state index in [-0.39, 0.29) is 34.5 Å². The van der Waals surface area contributed by atoms with E-state index >= 15 is 0 Å². The second-order valence-electron chi connectivity index (χ2n) is 10.8. The van der Waals surface area contributed by atoms with E-state index in [1.807, 2.05) is 37.3 Å². The predicted molar refractivity (Wildman–Crippen MR) is 188 cm³/mol. The van der Waals surface area contributed by atoms with Gasteiger partial charge in [0.25, 0.3) is 10.0 Å². The molecule has 1 N–H and O–H groups in total. The largest absolute Gasteiger partial charge is 0.497 e. The Labute approximate surface area is 291 Å². The molecule has 4 rings (SSSR count). The first-order valence-corrected chi connectivity index (χ1v) is 17.6. The van der Waals surface area contributed by atoms with Gasteiger partial charge in [0.1, 0.15) is 18.3 Å². The van der Waals surface area contributed by atoms with Crippen LogP contribution in [0.2, 0.25) is 15.1 Å². The lowest BCUT2D eigenvalue weighted by molar-refractivity contribution is -0.140. The SMILES string of the molecule is CCCCNC(=O)[C@H](Cc1ccccc1)N(Cc1ccc(Cl)cc1Cl)C(=O)CN(c1cccc(Cl)c1)S(=O)(=O)c1ccc(OC)cc1. The molecule has 0 saturated heterocycles. The molecule has 0 aromatic heterocycles. The summed E-state index contributed by atoms with van der Waals surface area (Å²) in [5.41, 5.74) is 1.54. The van der Waals surface area contributed by atoms with Crippen LogP contribution in [0.25, 0.3) is 0 Å². The first kappa shape index (κ1) is 36.1. The molecule has 4 aromatic carbocycles. The zero-order valence-corrected chi connectivity index (χ0v) is 29.1. The summed E-state index contributed by atoms with van der Waals surface area (Å²) in [6.45, 7) is 1.72. The highest BCUT2D eigenvalue weighted by molar-refractivity contribution is 7.92. The summed E-state index contributed by atoms with van der Waals surface area (Å²) in [5, 5.41) is 3.96. The lowest BCUT2D eigenvalue weighted by Crippen LogP contribution is -2.53. The number of sulfonamides is 1. The van der Waals surface area contributed by atoms with E-state index in [2.05, 4.69) is 5.32 Å². The van der Waals surface area contributed by atoms with Gasteiger partial charge in [0.15, 0.2) is 0 Å². The lowest BCUT2D eigenvalue weighted by Gasteiger charge is -2.34. The van der Waals surface area contributed by atoms with Gasteiger partial charge in [-0.05, 0) is 72.1 Å². The second-order valence-corrected chi connectivity index (χ2v) is 13.9. The van der Waals surface area contributed by atoms with Crippen molar-refractivity contribution in [1.29, 1.82) is 0 Å². The zero-order chi connectivity index (χ0) is 34.0. The van der Waals surface area contributed by atoms with Crippen LogP contribution in [0.5, 0.6) is 5.75 Å². The molecule has 0 aliphatic carbocycles. The number of nitrogens with zero attached hydrogens (tertiary/aromatic N) is 2. The maximum Gasteiger partial charge on any atom is 0.264 e. The van der Waals surface area contributed by atoms with Crippen molar-refractivity contribution < 1.29 is 22.7 Å². The number of methoxy groups -OCH3 is 1. The fourth-order valence-electron chi connectivity index (χ4n) is 4.93. The Morgan fingerprint density at radius 2 is 1.57 bits per heavy atom. The average Bonchev–Trinajstić information content (AvgIpc) is 3.06. The molecule has 0 unspecified atom stereocenters. The first-order valence-electron chi connectivity index (χ1n) is 15.0. The van der Waals surface area contributed by atoms with Crippen molar-refractivity contribution in [1.82, 2.24) is 10.2 Å². The van der Waals surface area contributed by atoms with Gasteiger partial charge in [-0.25, -0.2) is 8.42 Å². The van der Waals surface area contributed by atoms with Crippen LogP contribution in [0.3, 0.4) is 0 Å². The third-order valence-corrected chi connectivity index (χ3v) is 10.1. The van der Waals surface area contributed by atoms with Gasteiger partial charge < -0.3 is 15.0 Å². The normalized spacial score (nSPS) is 11.9. The van der Waals surface area contributed by atoms with Crippen molar-refractivity contribution in [2.45, 2.75) is 43.7 Å². The number of anilines is 1. The van der Waals surface area contributed by atoms with Gasteiger partial charge in [-0.15, -0.1) is 0 Å². The van der Waals surface area contributed by atoms with E-state index in [0.29, 0.717) is 27.9 Å². The van der Waals surface area contributed by atoms with Crippen molar-refractivity contribution in [3.05, 3.63) is 123 Å². The van der Waals surface area contributed by atoms with Gasteiger partial charge in [0.05, 0.1) is 17.7 Å². The third kappa shape index (κ3) is 9.64. The highest BCUT2D eigenvalue weighted by atomic mass is 35.5.